The second-order valence-electron chi connectivity index (χ2n) is 3.55. The maximum absolute atomic E-state index is 11.0. The molecule has 4 nitrogen and oxygen atoms in total. The number of carbonyl (C=O) groups is 1. The normalized spacial score (nSPS) is 9.78. The Balaban J connectivity index is 2.65. The number of para-hydroxylation sites is 1. The lowest BCUT2D eigenvalue weighted by Gasteiger charge is -2.09. The van der Waals surface area contributed by atoms with Gasteiger partial charge < -0.3 is 9.15 Å². The van der Waals surface area contributed by atoms with Crippen LogP contribution in [0.4, 0.5) is 0 Å². The molecule has 0 aliphatic rings. The molecule has 18 heavy (non-hydrogen) atoms. The summed E-state index contributed by atoms with van der Waals surface area (Å²) in [5.41, 5.74) is 1.49. The lowest BCUT2D eigenvalue weighted by atomic mass is 10.0. The molecule has 0 N–H and O–H groups in total. The molecule has 0 fully saturated rings. The summed E-state index contributed by atoms with van der Waals surface area (Å²) in [7, 11) is 0. The van der Waals surface area contributed by atoms with Crippen LogP contribution in [0.15, 0.2) is 34.9 Å². The van der Waals surface area contributed by atoms with Crippen LogP contribution >= 0.6 is 0 Å². The number of rotatable bonds is 4. The van der Waals surface area contributed by atoms with Gasteiger partial charge in [0.05, 0.1) is 17.7 Å². The number of furan rings is 1. The van der Waals surface area contributed by atoms with Crippen LogP contribution in [0.1, 0.15) is 23.0 Å². The van der Waals surface area contributed by atoms with Gasteiger partial charge in [0.1, 0.15) is 18.1 Å². The number of benzene rings is 1. The van der Waals surface area contributed by atoms with Crippen LogP contribution in [0.3, 0.4) is 0 Å². The van der Waals surface area contributed by atoms with Gasteiger partial charge in [0.15, 0.2) is 12.0 Å². The van der Waals surface area contributed by atoms with Gasteiger partial charge in [-0.05, 0) is 13.0 Å². The first-order valence-electron chi connectivity index (χ1n) is 5.50. The summed E-state index contributed by atoms with van der Waals surface area (Å²) in [5.74, 6) is 0.764. The highest BCUT2D eigenvalue weighted by molar-refractivity contribution is 5.89. The minimum absolute atomic E-state index is 0.138. The molecule has 0 amide bonds. The largest absolute Gasteiger partial charge is 0.493 e. The summed E-state index contributed by atoms with van der Waals surface area (Å²) < 4.78 is 10.6. The molecule has 0 aliphatic heterocycles. The molecule has 90 valence electrons. The minimum atomic E-state index is 0.138. The molecule has 1 aromatic heterocycles. The van der Waals surface area contributed by atoms with Crippen molar-refractivity contribution < 1.29 is 13.9 Å². The topological polar surface area (TPSA) is 63.2 Å². The molecule has 4 heteroatoms. The molecule has 2 aromatic rings. The fourth-order valence-electron chi connectivity index (χ4n) is 1.77. The van der Waals surface area contributed by atoms with Gasteiger partial charge in [0, 0.05) is 5.56 Å². The van der Waals surface area contributed by atoms with E-state index < -0.39 is 0 Å². The minimum Gasteiger partial charge on any atom is -0.493 e. The maximum Gasteiger partial charge on any atom is 0.186 e. The molecule has 2 rings (SSSR count). The van der Waals surface area contributed by atoms with E-state index in [0.717, 1.165) is 0 Å². The average Bonchev–Trinajstić information content (AvgIpc) is 2.82. The Labute approximate surface area is 104 Å². The van der Waals surface area contributed by atoms with E-state index in [4.69, 9.17) is 14.4 Å². The van der Waals surface area contributed by atoms with Crippen molar-refractivity contribution in [1.29, 1.82) is 5.26 Å². The van der Waals surface area contributed by atoms with Crippen LogP contribution in [0.2, 0.25) is 0 Å². The SMILES string of the molecule is CCOc1ccccc1-c1c(C#N)coc1C=O. The van der Waals surface area contributed by atoms with Crippen molar-refractivity contribution in [3.05, 3.63) is 41.9 Å². The van der Waals surface area contributed by atoms with Crippen LogP contribution in [0, 0.1) is 11.3 Å². The molecule has 0 radical (unpaired) electrons. The Hall–Kier alpha value is -2.54. The molecule has 1 heterocycles. The van der Waals surface area contributed by atoms with E-state index >= 15 is 0 Å². The highest BCUT2D eigenvalue weighted by Gasteiger charge is 2.18. The quantitative estimate of drug-likeness (QED) is 0.772. The van der Waals surface area contributed by atoms with E-state index in [1.807, 2.05) is 25.1 Å². The first-order valence-corrected chi connectivity index (χ1v) is 5.50. The molecule has 0 saturated heterocycles. The predicted molar refractivity (Wildman–Crippen MR) is 65.4 cm³/mol. The Morgan fingerprint density at radius 3 is 2.89 bits per heavy atom. The first-order chi connectivity index (χ1) is 8.81. The number of nitrogens with zero attached hydrogens (tertiary/aromatic N) is 1. The zero-order valence-corrected chi connectivity index (χ0v) is 9.84. The zero-order chi connectivity index (χ0) is 13.0. The number of nitriles is 1. The van der Waals surface area contributed by atoms with Gasteiger partial charge in [-0.25, -0.2) is 0 Å². The van der Waals surface area contributed by atoms with Crippen LogP contribution in [0.5, 0.6) is 5.75 Å². The summed E-state index contributed by atoms with van der Waals surface area (Å²) in [5, 5.41) is 9.04. The van der Waals surface area contributed by atoms with Gasteiger partial charge in [0.2, 0.25) is 0 Å². The van der Waals surface area contributed by atoms with E-state index in [-0.39, 0.29) is 5.76 Å². The van der Waals surface area contributed by atoms with E-state index in [9.17, 15) is 4.79 Å². The Morgan fingerprint density at radius 2 is 2.22 bits per heavy atom. The summed E-state index contributed by atoms with van der Waals surface area (Å²) in [4.78, 5) is 11.0. The summed E-state index contributed by atoms with van der Waals surface area (Å²) in [6.07, 6.45) is 1.88. The van der Waals surface area contributed by atoms with Crippen molar-refractivity contribution in [2.75, 3.05) is 6.61 Å². The van der Waals surface area contributed by atoms with Crippen molar-refractivity contribution in [2.24, 2.45) is 0 Å². The third kappa shape index (κ3) is 1.98. The van der Waals surface area contributed by atoms with Gasteiger partial charge in [-0.3, -0.25) is 4.79 Å². The summed E-state index contributed by atoms with van der Waals surface area (Å²) in [6.45, 7) is 2.38. The molecule has 0 bridgehead atoms. The molecule has 0 atom stereocenters. The van der Waals surface area contributed by atoms with Crippen LogP contribution in [0.25, 0.3) is 11.1 Å². The summed E-state index contributed by atoms with van der Waals surface area (Å²) >= 11 is 0. The standard InChI is InChI=1S/C14H11NO3/c1-2-17-12-6-4-3-5-11(12)14-10(7-15)9-18-13(14)8-16/h3-6,8-9H,2H2,1H3. The van der Waals surface area contributed by atoms with Crippen LogP contribution in [-0.4, -0.2) is 12.9 Å². The fraction of sp³-hybridized carbons (Fsp3) is 0.143. The second-order valence-corrected chi connectivity index (χ2v) is 3.55. The van der Waals surface area contributed by atoms with Gasteiger partial charge in [-0.2, -0.15) is 5.26 Å². The second kappa shape index (κ2) is 5.19. The molecular weight excluding hydrogens is 230 g/mol. The van der Waals surface area contributed by atoms with Crippen molar-refractivity contribution in [1.82, 2.24) is 0 Å². The Morgan fingerprint density at radius 1 is 1.44 bits per heavy atom. The molecule has 0 unspecified atom stereocenters. The van der Waals surface area contributed by atoms with Crippen molar-refractivity contribution >= 4 is 6.29 Å². The average molecular weight is 241 g/mol. The third-order valence-corrected chi connectivity index (χ3v) is 2.50. The number of hydrogen-bond acceptors (Lipinski definition) is 4. The molecule has 0 spiro atoms. The van der Waals surface area contributed by atoms with E-state index in [1.165, 1.54) is 6.26 Å². The van der Waals surface area contributed by atoms with E-state index in [2.05, 4.69) is 0 Å². The first kappa shape index (κ1) is 11.9. The number of hydrogen-bond donors (Lipinski definition) is 0. The monoisotopic (exact) mass is 241 g/mol. The van der Waals surface area contributed by atoms with Gasteiger partial charge in [-0.1, -0.05) is 18.2 Å². The summed E-state index contributed by atoms with van der Waals surface area (Å²) in [6, 6.07) is 9.25. The van der Waals surface area contributed by atoms with Crippen molar-refractivity contribution in [2.45, 2.75) is 6.92 Å². The number of carbonyl (C=O) groups excluding carboxylic acids is 1. The lowest BCUT2D eigenvalue weighted by molar-refractivity contribution is 0.110. The zero-order valence-electron chi connectivity index (χ0n) is 9.84. The van der Waals surface area contributed by atoms with Gasteiger partial charge in [0.25, 0.3) is 0 Å². The Kier molecular flexibility index (Phi) is 3.44. The Bertz CT molecular complexity index is 608. The van der Waals surface area contributed by atoms with Gasteiger partial charge >= 0.3 is 0 Å². The van der Waals surface area contributed by atoms with Crippen molar-refractivity contribution in [3.63, 3.8) is 0 Å². The fourth-order valence-corrected chi connectivity index (χ4v) is 1.77. The molecular formula is C14H11NO3. The van der Waals surface area contributed by atoms with Crippen LogP contribution in [-0.2, 0) is 0 Å². The van der Waals surface area contributed by atoms with E-state index in [0.29, 0.717) is 35.3 Å². The predicted octanol–water partition coefficient (Wildman–Crippen LogP) is 3.03. The van der Waals surface area contributed by atoms with E-state index in [1.54, 1.807) is 12.1 Å². The molecule has 0 saturated carbocycles. The maximum atomic E-state index is 11.0. The smallest absolute Gasteiger partial charge is 0.186 e. The number of aldehydes is 1. The third-order valence-electron chi connectivity index (χ3n) is 2.50. The highest BCUT2D eigenvalue weighted by atomic mass is 16.5. The number of ether oxygens (including phenoxy) is 1. The highest BCUT2D eigenvalue weighted by Crippen LogP contribution is 2.35. The van der Waals surface area contributed by atoms with Crippen LogP contribution < -0.4 is 4.74 Å². The molecule has 1 aromatic carbocycles. The van der Waals surface area contributed by atoms with Crippen molar-refractivity contribution in [3.8, 4) is 22.9 Å². The molecule has 0 aliphatic carbocycles. The lowest BCUT2D eigenvalue weighted by Crippen LogP contribution is -1.95. The van der Waals surface area contributed by atoms with Gasteiger partial charge in [-0.15, -0.1) is 0 Å².